The topological polar surface area (TPSA) is 82.5 Å². The lowest BCUT2D eigenvalue weighted by atomic mass is 10.0. The molecule has 2 fully saturated rings. The van der Waals surface area contributed by atoms with Gasteiger partial charge < -0.3 is 15.3 Å². The second-order valence-corrected chi connectivity index (χ2v) is 9.11. The molecule has 2 amide bonds. The second kappa shape index (κ2) is 8.07. The Kier molecular flexibility index (Phi) is 5.25. The van der Waals surface area contributed by atoms with Gasteiger partial charge in [0.15, 0.2) is 0 Å². The fourth-order valence-corrected chi connectivity index (χ4v) is 4.90. The number of rotatable bonds is 5. The lowest BCUT2D eigenvalue weighted by molar-refractivity contribution is 0.00591. The summed E-state index contributed by atoms with van der Waals surface area (Å²) in [5.41, 5.74) is 3.79. The molecule has 8 heteroatoms. The lowest BCUT2D eigenvalue weighted by Gasteiger charge is -2.36. The number of aromatic nitrogens is 1. The Labute approximate surface area is 188 Å². The minimum atomic E-state index is -0.470. The third-order valence-electron chi connectivity index (χ3n) is 5.57. The maximum atomic E-state index is 13.1. The molecule has 2 heterocycles. The van der Waals surface area contributed by atoms with E-state index in [1.54, 1.807) is 18.2 Å². The molecule has 31 heavy (non-hydrogen) atoms. The molecule has 2 N–H and O–H groups in total. The standard InChI is InChI=1S/C23H20ClN3O3S/c24-18-10-15(8-9-17(18)23(30)27-11-16(28)12-27)25-22(29)21-19(13-6-7-13)20(26-31-21)14-4-2-1-3-5-14/h1-5,8-10,13,16,28H,6-7,11-12H2,(H,25,29). The van der Waals surface area contributed by atoms with Crippen molar-refractivity contribution in [2.24, 2.45) is 0 Å². The normalized spacial score (nSPS) is 16.1. The van der Waals surface area contributed by atoms with Crippen LogP contribution in [0.2, 0.25) is 5.02 Å². The molecule has 6 nitrogen and oxygen atoms in total. The van der Waals surface area contributed by atoms with Gasteiger partial charge in [0.2, 0.25) is 0 Å². The molecule has 0 bridgehead atoms. The maximum absolute atomic E-state index is 13.1. The van der Waals surface area contributed by atoms with Gasteiger partial charge in [-0.05, 0) is 48.5 Å². The second-order valence-electron chi connectivity index (χ2n) is 7.93. The molecule has 0 spiro atoms. The zero-order chi connectivity index (χ0) is 21.5. The van der Waals surface area contributed by atoms with Crippen LogP contribution < -0.4 is 5.32 Å². The molecule has 1 saturated heterocycles. The highest BCUT2D eigenvalue weighted by atomic mass is 35.5. The number of aliphatic hydroxyl groups is 1. The summed E-state index contributed by atoms with van der Waals surface area (Å²) in [5.74, 6) is -0.0769. The Morgan fingerprint density at radius 3 is 2.52 bits per heavy atom. The van der Waals surface area contributed by atoms with Crippen molar-refractivity contribution in [2.45, 2.75) is 24.9 Å². The van der Waals surface area contributed by atoms with Crippen molar-refractivity contribution in [1.82, 2.24) is 9.27 Å². The van der Waals surface area contributed by atoms with Crippen molar-refractivity contribution in [2.75, 3.05) is 18.4 Å². The van der Waals surface area contributed by atoms with E-state index in [0.717, 1.165) is 29.7 Å². The Hall–Kier alpha value is -2.74. The number of nitrogens with one attached hydrogen (secondary N) is 1. The monoisotopic (exact) mass is 453 g/mol. The molecule has 0 unspecified atom stereocenters. The predicted octanol–water partition coefficient (Wildman–Crippen LogP) is 4.41. The van der Waals surface area contributed by atoms with Gasteiger partial charge in [0.1, 0.15) is 4.88 Å². The third-order valence-corrected chi connectivity index (χ3v) is 6.75. The van der Waals surface area contributed by atoms with Gasteiger partial charge >= 0.3 is 0 Å². The number of benzene rings is 2. The number of nitrogens with zero attached hydrogens (tertiary/aromatic N) is 2. The van der Waals surface area contributed by atoms with E-state index in [-0.39, 0.29) is 16.8 Å². The third kappa shape index (κ3) is 3.96. The largest absolute Gasteiger partial charge is 0.389 e. The van der Waals surface area contributed by atoms with E-state index in [1.807, 2.05) is 30.3 Å². The summed E-state index contributed by atoms with van der Waals surface area (Å²) in [4.78, 5) is 27.7. The fourth-order valence-electron chi connectivity index (χ4n) is 3.76. The van der Waals surface area contributed by atoms with Crippen molar-refractivity contribution in [3.63, 3.8) is 0 Å². The van der Waals surface area contributed by atoms with E-state index >= 15 is 0 Å². The van der Waals surface area contributed by atoms with Gasteiger partial charge in [-0.25, -0.2) is 0 Å². The van der Waals surface area contributed by atoms with Crippen LogP contribution in [0.15, 0.2) is 48.5 Å². The molecule has 2 aliphatic rings. The molecule has 0 radical (unpaired) electrons. The summed E-state index contributed by atoms with van der Waals surface area (Å²) in [6.07, 6.45) is 1.65. The Balaban J connectivity index is 1.37. The highest BCUT2D eigenvalue weighted by Crippen LogP contribution is 2.47. The van der Waals surface area contributed by atoms with Crippen LogP contribution in [0.5, 0.6) is 0 Å². The molecule has 1 aliphatic heterocycles. The number of β-amino-alcohol motifs (C(OH)–C–C–N with tert-alkyl or cyclic N) is 1. The highest BCUT2D eigenvalue weighted by molar-refractivity contribution is 7.08. The van der Waals surface area contributed by atoms with Crippen molar-refractivity contribution in [3.05, 3.63) is 69.6 Å². The molecule has 2 aromatic carbocycles. The van der Waals surface area contributed by atoms with E-state index < -0.39 is 6.10 Å². The van der Waals surface area contributed by atoms with Crippen LogP contribution in [-0.2, 0) is 0 Å². The summed E-state index contributed by atoms with van der Waals surface area (Å²) in [6.45, 7) is 0.624. The number of carbonyl (C=O) groups excluding carboxylic acids is 2. The molecule has 0 atom stereocenters. The molecule has 5 rings (SSSR count). The summed E-state index contributed by atoms with van der Waals surface area (Å²) in [6, 6.07) is 14.8. The lowest BCUT2D eigenvalue weighted by Crippen LogP contribution is -2.53. The summed E-state index contributed by atoms with van der Waals surface area (Å²) >= 11 is 7.53. The number of hydrogen-bond donors (Lipinski definition) is 2. The summed E-state index contributed by atoms with van der Waals surface area (Å²) < 4.78 is 4.59. The predicted molar refractivity (Wildman–Crippen MR) is 121 cm³/mol. The average Bonchev–Trinajstić information content (AvgIpc) is 3.49. The zero-order valence-corrected chi connectivity index (χ0v) is 18.1. The van der Waals surface area contributed by atoms with Gasteiger partial charge in [-0.2, -0.15) is 4.37 Å². The van der Waals surface area contributed by atoms with Crippen LogP contribution in [-0.4, -0.2) is 45.4 Å². The van der Waals surface area contributed by atoms with Crippen LogP contribution in [0.3, 0.4) is 0 Å². The van der Waals surface area contributed by atoms with E-state index in [1.165, 1.54) is 16.4 Å². The Morgan fingerprint density at radius 2 is 1.87 bits per heavy atom. The van der Waals surface area contributed by atoms with E-state index in [4.69, 9.17) is 11.6 Å². The molecule has 1 saturated carbocycles. The average molecular weight is 454 g/mol. The van der Waals surface area contributed by atoms with Crippen LogP contribution in [0.4, 0.5) is 5.69 Å². The zero-order valence-electron chi connectivity index (χ0n) is 16.5. The molecule has 3 aromatic rings. The van der Waals surface area contributed by atoms with Gasteiger partial charge in [0.25, 0.3) is 11.8 Å². The van der Waals surface area contributed by atoms with Gasteiger partial charge in [-0.3, -0.25) is 9.59 Å². The van der Waals surface area contributed by atoms with E-state index in [2.05, 4.69) is 9.69 Å². The number of aliphatic hydroxyl groups excluding tert-OH is 1. The molecule has 158 valence electrons. The summed E-state index contributed by atoms with van der Waals surface area (Å²) in [7, 11) is 0. The maximum Gasteiger partial charge on any atom is 0.267 e. The van der Waals surface area contributed by atoms with Crippen molar-refractivity contribution >= 4 is 40.6 Å². The molecular formula is C23H20ClN3O3S. The SMILES string of the molecule is O=C(Nc1ccc(C(=O)N2CC(O)C2)c(Cl)c1)c1snc(-c2ccccc2)c1C1CC1. The van der Waals surface area contributed by atoms with Crippen molar-refractivity contribution < 1.29 is 14.7 Å². The van der Waals surface area contributed by atoms with Crippen LogP contribution >= 0.6 is 23.1 Å². The number of hydrogen-bond acceptors (Lipinski definition) is 5. The quantitative estimate of drug-likeness (QED) is 0.599. The number of halogens is 1. The first-order chi connectivity index (χ1) is 15.0. The van der Waals surface area contributed by atoms with Crippen LogP contribution in [0.25, 0.3) is 11.3 Å². The van der Waals surface area contributed by atoms with Gasteiger partial charge in [-0.1, -0.05) is 41.9 Å². The number of anilines is 1. The van der Waals surface area contributed by atoms with Gasteiger partial charge in [0.05, 0.1) is 22.4 Å². The molecule has 1 aliphatic carbocycles. The Bertz CT molecular complexity index is 1150. The first kappa shape index (κ1) is 20.2. The van der Waals surface area contributed by atoms with Crippen molar-refractivity contribution in [3.8, 4) is 11.3 Å². The Morgan fingerprint density at radius 1 is 1.13 bits per heavy atom. The minimum Gasteiger partial charge on any atom is -0.389 e. The molecule has 1 aromatic heterocycles. The number of amides is 2. The smallest absolute Gasteiger partial charge is 0.267 e. The number of carbonyl (C=O) groups is 2. The number of likely N-dealkylation sites (tertiary alicyclic amines) is 1. The van der Waals surface area contributed by atoms with Gasteiger partial charge in [0, 0.05) is 29.9 Å². The minimum absolute atomic E-state index is 0.220. The van der Waals surface area contributed by atoms with E-state index in [9.17, 15) is 14.7 Å². The highest BCUT2D eigenvalue weighted by Gasteiger charge is 2.34. The summed E-state index contributed by atoms with van der Waals surface area (Å²) in [5, 5.41) is 12.6. The first-order valence-corrected chi connectivity index (χ1v) is 11.3. The van der Waals surface area contributed by atoms with Crippen molar-refractivity contribution in [1.29, 1.82) is 0 Å². The van der Waals surface area contributed by atoms with Crippen LogP contribution in [0.1, 0.15) is 44.4 Å². The van der Waals surface area contributed by atoms with Crippen LogP contribution in [0, 0.1) is 0 Å². The molecular weight excluding hydrogens is 434 g/mol. The van der Waals surface area contributed by atoms with Gasteiger partial charge in [-0.15, -0.1) is 0 Å². The van der Waals surface area contributed by atoms with E-state index in [0.29, 0.717) is 35.1 Å². The first-order valence-electron chi connectivity index (χ1n) is 10.1. The fraction of sp³-hybridized carbons (Fsp3) is 0.261.